The topological polar surface area (TPSA) is 63.0 Å². The van der Waals surface area contributed by atoms with Crippen molar-refractivity contribution in [2.45, 2.75) is 6.17 Å². The Balaban J connectivity index is 2.60. The van der Waals surface area contributed by atoms with Crippen LogP contribution in [0.15, 0.2) is 24.3 Å². The first-order valence-electron chi connectivity index (χ1n) is 5.78. The van der Waals surface area contributed by atoms with E-state index in [9.17, 15) is 0 Å². The van der Waals surface area contributed by atoms with Gasteiger partial charge in [0.15, 0.2) is 0 Å². The fraction of sp³-hybridized carbons (Fsp3) is 0.417. The molecule has 0 radical (unpaired) electrons. The molecular weight excluding hydrogens is 228 g/mol. The number of nitrogens with two attached hydrogens (primary N) is 1. The number of fused-ring (bicyclic) bond motifs is 1. The molecule has 1 unspecified atom stereocenters. The lowest BCUT2D eigenvalue weighted by Gasteiger charge is -2.22. The molecule has 2 aromatic rings. The molecule has 0 bridgehead atoms. The van der Waals surface area contributed by atoms with Gasteiger partial charge in [-0.15, -0.1) is 5.10 Å². The molecule has 6 heteroatoms. The molecule has 0 aliphatic carbocycles. The molecule has 2 rings (SSSR count). The molecule has 0 saturated carbocycles. The highest BCUT2D eigenvalue weighted by atomic mass is 15.5. The average molecular weight is 247 g/mol. The van der Waals surface area contributed by atoms with Crippen LogP contribution in [0.5, 0.6) is 0 Å². The average Bonchev–Trinajstić information content (AvgIpc) is 2.73. The van der Waals surface area contributed by atoms with Crippen LogP contribution in [-0.4, -0.2) is 58.5 Å². The molecule has 1 aromatic heterocycles. The highest BCUT2D eigenvalue weighted by Gasteiger charge is 2.26. The summed E-state index contributed by atoms with van der Waals surface area (Å²) >= 11 is 0. The van der Waals surface area contributed by atoms with E-state index in [0.717, 1.165) is 16.9 Å². The van der Waals surface area contributed by atoms with Crippen LogP contribution >= 0.6 is 0 Å². The first-order valence-corrected chi connectivity index (χ1v) is 5.78. The van der Waals surface area contributed by atoms with E-state index < -0.39 is 0 Å². The summed E-state index contributed by atoms with van der Waals surface area (Å²) in [6, 6.07) is 7.86. The molecule has 0 aliphatic heterocycles. The van der Waals surface area contributed by atoms with Crippen LogP contribution in [-0.2, 0) is 0 Å². The van der Waals surface area contributed by atoms with E-state index in [4.69, 9.17) is 5.73 Å². The zero-order chi connectivity index (χ0) is 13.3. The maximum atomic E-state index is 6.16. The predicted molar refractivity (Wildman–Crippen MR) is 71.6 cm³/mol. The lowest BCUT2D eigenvalue weighted by atomic mass is 10.3. The summed E-state index contributed by atoms with van der Waals surface area (Å²) in [6.07, 6.45) is -0.146. The second-order valence-electron chi connectivity index (χ2n) is 4.68. The fourth-order valence-corrected chi connectivity index (χ4v) is 1.91. The minimum Gasteiger partial charge on any atom is -0.288 e. The van der Waals surface area contributed by atoms with Gasteiger partial charge >= 0.3 is 0 Å². The van der Waals surface area contributed by atoms with E-state index in [0.29, 0.717) is 0 Å². The summed E-state index contributed by atoms with van der Waals surface area (Å²) in [4.78, 5) is 2.01. The van der Waals surface area contributed by atoms with Crippen molar-refractivity contribution < 1.29 is 4.58 Å². The van der Waals surface area contributed by atoms with Crippen LogP contribution in [0, 0.1) is 0 Å². The van der Waals surface area contributed by atoms with Crippen LogP contribution in [0.1, 0.15) is 6.17 Å². The molecule has 0 saturated heterocycles. The van der Waals surface area contributed by atoms with E-state index >= 15 is 0 Å². The van der Waals surface area contributed by atoms with Crippen molar-refractivity contribution in [3.8, 4) is 0 Å². The van der Waals surface area contributed by atoms with Gasteiger partial charge in [0, 0.05) is 0 Å². The molecule has 0 fully saturated rings. The Bertz CT molecular complexity index is 579. The first kappa shape index (κ1) is 12.5. The molecule has 0 amide bonds. The van der Waals surface area contributed by atoms with E-state index in [1.807, 2.05) is 66.6 Å². The third-order valence-electron chi connectivity index (χ3n) is 2.88. The molecule has 6 nitrogen and oxygen atoms in total. The van der Waals surface area contributed by atoms with Crippen molar-refractivity contribution in [3.63, 3.8) is 0 Å². The third kappa shape index (κ3) is 2.06. The Morgan fingerprint density at radius 2 is 2.00 bits per heavy atom. The highest BCUT2D eigenvalue weighted by molar-refractivity contribution is 5.82. The molecule has 96 valence electrons. The van der Waals surface area contributed by atoms with Gasteiger partial charge in [0.25, 0.3) is 5.84 Å². The normalized spacial score (nSPS) is 12.9. The van der Waals surface area contributed by atoms with Crippen LogP contribution in [0.3, 0.4) is 0 Å². The number of hydrogen-bond donors (Lipinski definition) is 1. The van der Waals surface area contributed by atoms with E-state index in [1.165, 1.54) is 0 Å². The Kier molecular flexibility index (Phi) is 3.29. The van der Waals surface area contributed by atoms with Gasteiger partial charge in [-0.3, -0.25) is 15.2 Å². The number of rotatable bonds is 3. The monoisotopic (exact) mass is 247 g/mol. The van der Waals surface area contributed by atoms with E-state index in [-0.39, 0.29) is 6.17 Å². The number of benzene rings is 1. The number of likely N-dealkylation sites (N-methyl/N-ethyl adjacent to an activating group) is 1. The highest BCUT2D eigenvalue weighted by Crippen LogP contribution is 2.16. The molecule has 1 atom stereocenters. The van der Waals surface area contributed by atoms with Crippen molar-refractivity contribution in [1.82, 2.24) is 19.9 Å². The Morgan fingerprint density at radius 1 is 1.33 bits per heavy atom. The number of amidine groups is 1. The third-order valence-corrected chi connectivity index (χ3v) is 2.88. The largest absolute Gasteiger partial charge is 0.288 e. The standard InChI is InChI=1S/C12H18N6/c1-16(2)11(13)12(17(3)4)18-10-8-6-5-7-9(10)14-15-18/h5-8,12-13H,1-4H3/p+1. The maximum Gasteiger partial charge on any atom is 0.282 e. The van der Waals surface area contributed by atoms with Gasteiger partial charge in [-0.2, -0.15) is 0 Å². The summed E-state index contributed by atoms with van der Waals surface area (Å²) < 4.78 is 3.73. The minimum atomic E-state index is -0.146. The molecule has 0 spiro atoms. The second-order valence-corrected chi connectivity index (χ2v) is 4.68. The number of para-hydroxylation sites is 1. The summed E-state index contributed by atoms with van der Waals surface area (Å²) in [5.41, 5.74) is 8.00. The Morgan fingerprint density at radius 3 is 2.61 bits per heavy atom. The van der Waals surface area contributed by atoms with Gasteiger partial charge in [-0.25, -0.2) is 4.68 Å². The predicted octanol–water partition coefficient (Wildman–Crippen LogP) is 0.121. The van der Waals surface area contributed by atoms with Gasteiger partial charge in [0.2, 0.25) is 6.17 Å². The second kappa shape index (κ2) is 4.73. The van der Waals surface area contributed by atoms with Crippen molar-refractivity contribution in [3.05, 3.63) is 24.3 Å². The molecule has 1 heterocycles. The van der Waals surface area contributed by atoms with Crippen LogP contribution < -0.4 is 5.73 Å². The lowest BCUT2D eigenvalue weighted by Crippen LogP contribution is -2.42. The minimum absolute atomic E-state index is 0.146. The van der Waals surface area contributed by atoms with Gasteiger partial charge in [-0.1, -0.05) is 17.3 Å². The smallest absolute Gasteiger partial charge is 0.282 e. The molecule has 18 heavy (non-hydrogen) atoms. The Labute approximate surface area is 106 Å². The van der Waals surface area contributed by atoms with E-state index in [1.54, 1.807) is 0 Å². The number of hydrogen-bond acceptors (Lipinski definition) is 3. The lowest BCUT2D eigenvalue weighted by molar-refractivity contribution is -0.468. The van der Waals surface area contributed by atoms with Gasteiger partial charge in [-0.05, 0) is 26.2 Å². The zero-order valence-corrected chi connectivity index (χ0v) is 11.2. The molecular formula is C12H19N6+. The van der Waals surface area contributed by atoms with Crippen molar-refractivity contribution in [2.24, 2.45) is 5.73 Å². The van der Waals surface area contributed by atoms with Gasteiger partial charge < -0.3 is 0 Å². The summed E-state index contributed by atoms with van der Waals surface area (Å²) in [6.45, 7) is 0. The number of aromatic nitrogens is 3. The quantitative estimate of drug-likeness (QED) is 0.475. The Hall–Kier alpha value is -1.95. The molecule has 1 aromatic carbocycles. The van der Waals surface area contributed by atoms with E-state index in [2.05, 4.69) is 10.3 Å². The first-order chi connectivity index (χ1) is 8.52. The summed E-state index contributed by atoms with van der Waals surface area (Å²) in [5, 5.41) is 8.38. The SMILES string of the molecule is CN(C)C(C(N)=[N+](C)C)n1nnc2ccccc21. The van der Waals surface area contributed by atoms with Gasteiger partial charge in [0.05, 0.1) is 19.6 Å². The maximum absolute atomic E-state index is 6.16. The van der Waals surface area contributed by atoms with Crippen molar-refractivity contribution in [2.75, 3.05) is 28.2 Å². The molecule has 2 N–H and O–H groups in total. The fourth-order valence-electron chi connectivity index (χ4n) is 1.91. The van der Waals surface area contributed by atoms with Gasteiger partial charge in [0.1, 0.15) is 5.52 Å². The summed E-state index contributed by atoms with van der Waals surface area (Å²) in [7, 11) is 7.78. The van der Waals surface area contributed by atoms with Crippen LogP contribution in [0.2, 0.25) is 0 Å². The van der Waals surface area contributed by atoms with Crippen LogP contribution in [0.25, 0.3) is 11.0 Å². The zero-order valence-electron chi connectivity index (χ0n) is 11.2. The summed E-state index contributed by atoms with van der Waals surface area (Å²) in [5.74, 6) is 0.718. The van der Waals surface area contributed by atoms with Crippen LogP contribution in [0.4, 0.5) is 0 Å². The van der Waals surface area contributed by atoms with Crippen molar-refractivity contribution in [1.29, 1.82) is 0 Å². The van der Waals surface area contributed by atoms with Crippen molar-refractivity contribution >= 4 is 16.9 Å². The molecule has 0 aliphatic rings. The number of nitrogens with zero attached hydrogens (tertiary/aromatic N) is 5.